The molecule has 2 aliphatic rings. The molecule has 2 heterocycles. The van der Waals surface area contributed by atoms with Crippen molar-refractivity contribution in [3.05, 3.63) is 0 Å². The summed E-state index contributed by atoms with van der Waals surface area (Å²) >= 11 is 5.95. The third-order valence-corrected chi connectivity index (χ3v) is 6.64. The lowest BCUT2D eigenvalue weighted by molar-refractivity contribution is 0.241. The minimum atomic E-state index is -3.30. The van der Waals surface area contributed by atoms with Gasteiger partial charge in [0, 0.05) is 31.6 Å². The first-order valence-corrected chi connectivity index (χ1v) is 9.42. The van der Waals surface area contributed by atoms with Gasteiger partial charge in [-0.3, -0.25) is 0 Å². The molecule has 2 rings (SSSR count). The molecule has 19 heavy (non-hydrogen) atoms. The van der Waals surface area contributed by atoms with Crippen molar-refractivity contribution in [2.45, 2.75) is 57.4 Å². The third-order valence-electron chi connectivity index (χ3n) is 4.19. The summed E-state index contributed by atoms with van der Waals surface area (Å²) in [5.41, 5.74) is 0. The lowest BCUT2D eigenvalue weighted by atomic mass is 10.1. The van der Waals surface area contributed by atoms with Crippen molar-refractivity contribution >= 4 is 21.8 Å². The van der Waals surface area contributed by atoms with Crippen LogP contribution in [0.5, 0.6) is 0 Å². The van der Waals surface area contributed by atoms with Gasteiger partial charge in [-0.05, 0) is 25.7 Å². The molecule has 1 unspecified atom stereocenters. The summed E-state index contributed by atoms with van der Waals surface area (Å²) < 4.78 is 28.9. The molecular weight excluding hydrogens is 284 g/mol. The van der Waals surface area contributed by atoms with Crippen molar-refractivity contribution in [3.63, 3.8) is 0 Å². The first-order chi connectivity index (χ1) is 9.16. The topological polar surface area (TPSA) is 40.6 Å². The quantitative estimate of drug-likeness (QED) is 0.752. The molecule has 0 aromatic rings. The summed E-state index contributed by atoms with van der Waals surface area (Å²) in [7, 11) is -3.30. The number of hydrogen-bond acceptors (Lipinski definition) is 2. The van der Waals surface area contributed by atoms with Gasteiger partial charge in [-0.25, -0.2) is 0 Å². The van der Waals surface area contributed by atoms with E-state index in [-0.39, 0.29) is 6.04 Å². The van der Waals surface area contributed by atoms with Crippen LogP contribution in [-0.4, -0.2) is 48.6 Å². The largest absolute Gasteiger partial charge is 0.282 e. The van der Waals surface area contributed by atoms with E-state index in [9.17, 15) is 8.42 Å². The molecule has 0 N–H and O–H groups in total. The predicted molar refractivity (Wildman–Crippen MR) is 78.6 cm³/mol. The van der Waals surface area contributed by atoms with Gasteiger partial charge in [0.15, 0.2) is 0 Å². The number of alkyl halides is 1. The van der Waals surface area contributed by atoms with Gasteiger partial charge in [0.2, 0.25) is 0 Å². The highest BCUT2D eigenvalue weighted by Crippen LogP contribution is 2.25. The molecule has 0 bridgehead atoms. The Morgan fingerprint density at radius 3 is 2.11 bits per heavy atom. The highest BCUT2D eigenvalue weighted by molar-refractivity contribution is 7.86. The molecule has 0 spiro atoms. The van der Waals surface area contributed by atoms with Crippen molar-refractivity contribution in [2.75, 3.05) is 25.5 Å². The van der Waals surface area contributed by atoms with Crippen molar-refractivity contribution in [1.29, 1.82) is 0 Å². The highest BCUT2D eigenvalue weighted by Gasteiger charge is 2.35. The van der Waals surface area contributed by atoms with Crippen LogP contribution in [0.25, 0.3) is 0 Å². The van der Waals surface area contributed by atoms with Crippen molar-refractivity contribution in [1.82, 2.24) is 8.61 Å². The summed E-state index contributed by atoms with van der Waals surface area (Å²) in [6.07, 6.45) is 8.44. The van der Waals surface area contributed by atoms with Crippen LogP contribution in [0.3, 0.4) is 0 Å². The Morgan fingerprint density at radius 1 is 0.895 bits per heavy atom. The zero-order valence-electron chi connectivity index (χ0n) is 11.6. The summed E-state index contributed by atoms with van der Waals surface area (Å²) in [4.78, 5) is 0. The summed E-state index contributed by atoms with van der Waals surface area (Å²) in [6.45, 7) is 1.98. The maximum Gasteiger partial charge on any atom is 0.282 e. The molecule has 2 aliphatic heterocycles. The third kappa shape index (κ3) is 3.84. The van der Waals surface area contributed by atoms with Crippen molar-refractivity contribution in [3.8, 4) is 0 Å². The highest BCUT2D eigenvalue weighted by atomic mass is 35.5. The van der Waals surface area contributed by atoms with Crippen molar-refractivity contribution in [2.24, 2.45) is 0 Å². The first-order valence-electron chi connectivity index (χ1n) is 7.49. The van der Waals surface area contributed by atoms with E-state index in [1.807, 2.05) is 0 Å². The van der Waals surface area contributed by atoms with Gasteiger partial charge in [-0.2, -0.15) is 17.0 Å². The molecule has 0 aliphatic carbocycles. The van der Waals surface area contributed by atoms with Crippen molar-refractivity contribution < 1.29 is 8.42 Å². The van der Waals surface area contributed by atoms with Gasteiger partial charge in [-0.1, -0.05) is 25.7 Å². The van der Waals surface area contributed by atoms with Crippen LogP contribution in [0.1, 0.15) is 51.4 Å². The van der Waals surface area contributed by atoms with Crippen LogP contribution in [0.15, 0.2) is 0 Å². The second-order valence-electron chi connectivity index (χ2n) is 5.59. The Morgan fingerprint density at radius 2 is 1.47 bits per heavy atom. The maximum absolute atomic E-state index is 12.8. The molecule has 2 fully saturated rings. The van der Waals surface area contributed by atoms with Crippen LogP contribution in [0.2, 0.25) is 0 Å². The first kappa shape index (κ1) is 15.5. The SMILES string of the molecule is O=S(=O)(N1CCCCCCC1)N1CCCCC1CCl. The molecule has 0 aromatic heterocycles. The van der Waals surface area contributed by atoms with Gasteiger partial charge in [0.05, 0.1) is 0 Å². The minimum Gasteiger partial charge on any atom is -0.195 e. The molecule has 0 aromatic carbocycles. The summed E-state index contributed by atoms with van der Waals surface area (Å²) in [5, 5.41) is 0. The molecule has 0 saturated carbocycles. The zero-order valence-corrected chi connectivity index (χ0v) is 13.1. The lowest BCUT2D eigenvalue weighted by Gasteiger charge is -2.37. The fraction of sp³-hybridized carbons (Fsp3) is 1.00. The van der Waals surface area contributed by atoms with Crippen LogP contribution in [-0.2, 0) is 10.2 Å². The smallest absolute Gasteiger partial charge is 0.195 e. The van der Waals surface area contributed by atoms with E-state index in [0.29, 0.717) is 25.5 Å². The fourth-order valence-corrected chi connectivity index (χ4v) is 5.37. The van der Waals surface area contributed by atoms with Crippen LogP contribution >= 0.6 is 11.6 Å². The number of rotatable bonds is 3. The van der Waals surface area contributed by atoms with Gasteiger partial charge in [0.1, 0.15) is 0 Å². The normalized spacial score (nSPS) is 28.8. The Hall–Kier alpha value is 0.160. The molecule has 4 nitrogen and oxygen atoms in total. The monoisotopic (exact) mass is 308 g/mol. The molecule has 0 radical (unpaired) electrons. The number of piperidine rings is 1. The van der Waals surface area contributed by atoms with E-state index in [0.717, 1.165) is 44.9 Å². The molecule has 6 heteroatoms. The predicted octanol–water partition coefficient (Wildman–Crippen LogP) is 2.59. The van der Waals surface area contributed by atoms with Gasteiger partial charge >= 0.3 is 0 Å². The average Bonchev–Trinajstić information content (AvgIpc) is 2.37. The Labute approximate surface area is 122 Å². The molecule has 2 saturated heterocycles. The molecule has 0 amide bonds. The molecule has 1 atom stereocenters. The Kier molecular flexibility index (Phi) is 5.93. The zero-order chi connectivity index (χ0) is 13.7. The average molecular weight is 309 g/mol. The van der Waals surface area contributed by atoms with Crippen LogP contribution in [0.4, 0.5) is 0 Å². The van der Waals surface area contributed by atoms with E-state index in [1.54, 1.807) is 8.61 Å². The van der Waals surface area contributed by atoms with E-state index in [4.69, 9.17) is 11.6 Å². The second-order valence-corrected chi connectivity index (χ2v) is 7.78. The summed E-state index contributed by atoms with van der Waals surface area (Å²) in [6, 6.07) is -0.00847. The van der Waals surface area contributed by atoms with Gasteiger partial charge in [-0.15, -0.1) is 11.6 Å². The Balaban J connectivity index is 2.09. The van der Waals surface area contributed by atoms with E-state index >= 15 is 0 Å². The number of halogens is 1. The van der Waals surface area contributed by atoms with E-state index in [1.165, 1.54) is 6.42 Å². The Bertz CT molecular complexity index is 367. The number of nitrogens with zero attached hydrogens (tertiary/aromatic N) is 2. The van der Waals surface area contributed by atoms with Crippen LogP contribution in [0, 0.1) is 0 Å². The molecular formula is C13H25ClN2O2S. The van der Waals surface area contributed by atoms with E-state index < -0.39 is 10.2 Å². The molecule has 112 valence electrons. The maximum atomic E-state index is 12.8. The second kappa shape index (κ2) is 7.25. The fourth-order valence-electron chi connectivity index (χ4n) is 3.03. The standard InChI is InChI=1S/C13H25ClN2O2S/c14-12-13-8-4-7-11-16(13)19(17,18)15-9-5-2-1-3-6-10-15/h13H,1-12H2. The van der Waals surface area contributed by atoms with Gasteiger partial charge in [0.25, 0.3) is 10.2 Å². The lowest BCUT2D eigenvalue weighted by Crippen LogP contribution is -2.51. The van der Waals surface area contributed by atoms with E-state index in [2.05, 4.69) is 0 Å². The minimum absolute atomic E-state index is 0.00847. The van der Waals surface area contributed by atoms with Gasteiger partial charge < -0.3 is 0 Å². The van der Waals surface area contributed by atoms with Crippen LogP contribution < -0.4 is 0 Å². The summed E-state index contributed by atoms with van der Waals surface area (Å²) in [5.74, 6) is 0.410. The number of hydrogen-bond donors (Lipinski definition) is 0.